The lowest BCUT2D eigenvalue weighted by Gasteiger charge is -1.96. The predicted molar refractivity (Wildman–Crippen MR) is 88.5 cm³/mol. The molecule has 0 aromatic heterocycles. The Morgan fingerprint density at radius 2 is 0.933 bits per heavy atom. The number of alkyl halides is 2. The van der Waals surface area contributed by atoms with Crippen LogP contribution in [-0.4, -0.2) is 8.86 Å². The third-order valence-corrected chi connectivity index (χ3v) is 3.95. The molecule has 0 heterocycles. The van der Waals surface area contributed by atoms with Crippen LogP contribution in [0.3, 0.4) is 0 Å². The van der Waals surface area contributed by atoms with Crippen LogP contribution in [0.25, 0.3) is 0 Å². The molecule has 0 radical (unpaired) electrons. The lowest BCUT2D eigenvalue weighted by Crippen LogP contribution is -1.78. The summed E-state index contributed by atoms with van der Waals surface area (Å²) in [5.41, 5.74) is 0. The smallest absolute Gasteiger partial charge is 0.000473 e. The van der Waals surface area contributed by atoms with Gasteiger partial charge in [0.05, 0.1) is 0 Å². The highest BCUT2D eigenvalue weighted by Gasteiger charge is 1.87. The molecular weight excluding hydrogens is 410 g/mol. The van der Waals surface area contributed by atoms with Crippen molar-refractivity contribution in [2.24, 2.45) is 0 Å². The van der Waals surface area contributed by atoms with Crippen LogP contribution >= 0.6 is 45.2 Å². The van der Waals surface area contributed by atoms with Gasteiger partial charge in [-0.2, -0.15) is 0 Å². The zero-order chi connectivity index (χ0) is 11.2. The van der Waals surface area contributed by atoms with Crippen LogP contribution in [0.4, 0.5) is 0 Å². The SMILES string of the molecule is ICCCCCC=CCCCCCCI. The molecule has 15 heavy (non-hydrogen) atoms. The summed E-state index contributed by atoms with van der Waals surface area (Å²) in [4.78, 5) is 0. The molecular formula is C13H24I2. The first-order valence-electron chi connectivity index (χ1n) is 6.18. The third kappa shape index (κ3) is 15.2. The Bertz CT molecular complexity index is 132. The molecule has 2 heteroatoms. The molecule has 0 spiro atoms. The Balaban J connectivity index is 2.97. The van der Waals surface area contributed by atoms with Gasteiger partial charge in [-0.3, -0.25) is 0 Å². The average Bonchev–Trinajstić information content (AvgIpc) is 2.26. The summed E-state index contributed by atoms with van der Waals surface area (Å²) in [5, 5.41) is 0. The highest BCUT2D eigenvalue weighted by atomic mass is 127. The van der Waals surface area contributed by atoms with E-state index in [1.165, 1.54) is 66.6 Å². The minimum Gasteiger partial charge on any atom is -0.0885 e. The molecule has 0 saturated carbocycles. The first kappa shape index (κ1) is 16.2. The van der Waals surface area contributed by atoms with Crippen LogP contribution in [0.15, 0.2) is 12.2 Å². The molecule has 0 aromatic carbocycles. The van der Waals surface area contributed by atoms with Crippen LogP contribution in [0.1, 0.15) is 57.8 Å². The summed E-state index contributed by atoms with van der Waals surface area (Å²) in [6.07, 6.45) is 17.2. The van der Waals surface area contributed by atoms with Crippen molar-refractivity contribution in [2.45, 2.75) is 57.8 Å². The van der Waals surface area contributed by atoms with Crippen molar-refractivity contribution in [3.63, 3.8) is 0 Å². The number of hydrogen-bond donors (Lipinski definition) is 0. The fourth-order valence-electron chi connectivity index (χ4n) is 1.48. The molecule has 0 bridgehead atoms. The van der Waals surface area contributed by atoms with E-state index in [2.05, 4.69) is 57.3 Å². The second kappa shape index (κ2) is 15.2. The lowest BCUT2D eigenvalue weighted by atomic mass is 10.1. The fraction of sp³-hybridized carbons (Fsp3) is 0.846. The van der Waals surface area contributed by atoms with Gasteiger partial charge in [-0.05, 0) is 47.4 Å². The maximum atomic E-state index is 2.46. The van der Waals surface area contributed by atoms with Crippen LogP contribution < -0.4 is 0 Å². The van der Waals surface area contributed by atoms with E-state index in [4.69, 9.17) is 0 Å². The summed E-state index contributed by atoms with van der Waals surface area (Å²) in [5.74, 6) is 0. The number of hydrogen-bond acceptors (Lipinski definition) is 0. The quantitative estimate of drug-likeness (QED) is 0.164. The van der Waals surface area contributed by atoms with Gasteiger partial charge in [0.15, 0.2) is 0 Å². The molecule has 90 valence electrons. The van der Waals surface area contributed by atoms with Gasteiger partial charge < -0.3 is 0 Å². The van der Waals surface area contributed by atoms with E-state index in [1.807, 2.05) is 0 Å². The van der Waals surface area contributed by atoms with E-state index in [0.29, 0.717) is 0 Å². The molecule has 0 fully saturated rings. The van der Waals surface area contributed by atoms with Gasteiger partial charge in [-0.15, -0.1) is 0 Å². The standard InChI is InChI=1S/C13H24I2/c14-12-10-8-6-4-2-1-3-5-7-9-11-13-15/h1-2H,3-13H2. The second-order valence-electron chi connectivity index (χ2n) is 3.90. The van der Waals surface area contributed by atoms with Crippen LogP contribution in [0, 0.1) is 0 Å². The zero-order valence-electron chi connectivity index (χ0n) is 9.69. The number of rotatable bonds is 11. The molecule has 0 atom stereocenters. The van der Waals surface area contributed by atoms with Crippen molar-refractivity contribution >= 4 is 45.2 Å². The first-order valence-corrected chi connectivity index (χ1v) is 9.24. The highest BCUT2D eigenvalue weighted by Crippen LogP contribution is 2.07. The minimum atomic E-state index is 1.30. The van der Waals surface area contributed by atoms with Gasteiger partial charge in [0.2, 0.25) is 0 Å². The monoisotopic (exact) mass is 434 g/mol. The maximum absolute atomic E-state index is 2.46. The van der Waals surface area contributed by atoms with Gasteiger partial charge in [0, 0.05) is 0 Å². The van der Waals surface area contributed by atoms with E-state index in [0.717, 1.165) is 0 Å². The molecule has 0 aliphatic rings. The topological polar surface area (TPSA) is 0 Å². The molecule has 0 amide bonds. The van der Waals surface area contributed by atoms with E-state index in [9.17, 15) is 0 Å². The fourth-order valence-corrected chi connectivity index (χ4v) is 2.56. The number of halogens is 2. The van der Waals surface area contributed by atoms with Crippen molar-refractivity contribution in [1.29, 1.82) is 0 Å². The van der Waals surface area contributed by atoms with Gasteiger partial charge >= 0.3 is 0 Å². The van der Waals surface area contributed by atoms with Crippen LogP contribution in [0.2, 0.25) is 0 Å². The molecule has 0 rings (SSSR count). The highest BCUT2D eigenvalue weighted by molar-refractivity contribution is 14.1. The normalized spacial score (nSPS) is 11.3. The Morgan fingerprint density at radius 3 is 1.40 bits per heavy atom. The van der Waals surface area contributed by atoms with Crippen molar-refractivity contribution in [2.75, 3.05) is 8.86 Å². The molecule has 0 unspecified atom stereocenters. The third-order valence-electron chi connectivity index (χ3n) is 2.43. The lowest BCUT2D eigenvalue weighted by molar-refractivity contribution is 0.679. The average molecular weight is 434 g/mol. The Kier molecular flexibility index (Phi) is 16.4. The largest absolute Gasteiger partial charge is 0.0885 e. The Hall–Kier alpha value is 1.20. The molecule has 0 saturated heterocycles. The summed E-state index contributed by atoms with van der Waals surface area (Å²) >= 11 is 4.92. The van der Waals surface area contributed by atoms with E-state index < -0.39 is 0 Å². The minimum absolute atomic E-state index is 1.30. The summed E-state index contributed by atoms with van der Waals surface area (Å²) in [6, 6.07) is 0. The van der Waals surface area contributed by atoms with E-state index in [1.54, 1.807) is 0 Å². The second-order valence-corrected chi connectivity index (χ2v) is 6.06. The Morgan fingerprint density at radius 1 is 0.533 bits per heavy atom. The first-order chi connectivity index (χ1) is 7.41. The van der Waals surface area contributed by atoms with E-state index >= 15 is 0 Å². The summed E-state index contributed by atoms with van der Waals surface area (Å²) < 4.78 is 2.64. The molecule has 0 aliphatic heterocycles. The van der Waals surface area contributed by atoms with E-state index in [-0.39, 0.29) is 0 Å². The van der Waals surface area contributed by atoms with Crippen molar-refractivity contribution in [1.82, 2.24) is 0 Å². The van der Waals surface area contributed by atoms with Crippen LogP contribution in [-0.2, 0) is 0 Å². The zero-order valence-corrected chi connectivity index (χ0v) is 14.0. The van der Waals surface area contributed by atoms with Crippen molar-refractivity contribution < 1.29 is 0 Å². The predicted octanol–water partition coefficient (Wildman–Crippen LogP) is 5.92. The van der Waals surface area contributed by atoms with Gasteiger partial charge in [0.25, 0.3) is 0 Å². The van der Waals surface area contributed by atoms with Crippen molar-refractivity contribution in [3.05, 3.63) is 12.2 Å². The van der Waals surface area contributed by atoms with Gasteiger partial charge in [0.1, 0.15) is 0 Å². The molecule has 0 aliphatic carbocycles. The van der Waals surface area contributed by atoms with Crippen molar-refractivity contribution in [3.8, 4) is 0 Å². The Labute approximate surface area is 123 Å². The molecule has 0 N–H and O–H groups in total. The molecule has 0 nitrogen and oxygen atoms in total. The summed E-state index contributed by atoms with van der Waals surface area (Å²) in [6.45, 7) is 0. The molecule has 0 aromatic rings. The van der Waals surface area contributed by atoms with Crippen LogP contribution in [0.5, 0.6) is 0 Å². The van der Waals surface area contributed by atoms with Gasteiger partial charge in [-0.25, -0.2) is 0 Å². The maximum Gasteiger partial charge on any atom is -0.000473 e. The number of unbranched alkanes of at least 4 members (excludes halogenated alkanes) is 7. The van der Waals surface area contributed by atoms with Gasteiger partial charge in [-0.1, -0.05) is 76.6 Å². The number of allylic oxidation sites excluding steroid dienone is 2. The summed E-state index contributed by atoms with van der Waals surface area (Å²) in [7, 11) is 0.